The number of rotatable bonds is 7. The quantitative estimate of drug-likeness (QED) is 0.730. The second kappa shape index (κ2) is 6.60. The van der Waals surface area contributed by atoms with Crippen LogP contribution in [-0.4, -0.2) is 11.1 Å². The maximum atomic E-state index is 3.50. The molecule has 0 aliphatic heterocycles. The van der Waals surface area contributed by atoms with Crippen molar-refractivity contribution in [3.63, 3.8) is 0 Å². The molecule has 0 radical (unpaired) electrons. The van der Waals surface area contributed by atoms with Crippen LogP contribution in [0.5, 0.6) is 0 Å². The number of benzene rings is 1. The van der Waals surface area contributed by atoms with Crippen LogP contribution in [0.15, 0.2) is 30.5 Å². The van der Waals surface area contributed by atoms with Gasteiger partial charge in [0.05, 0.1) is 0 Å². The normalized spacial score (nSPS) is 11.2. The molecular formula is C16H24N2. The van der Waals surface area contributed by atoms with Crippen LogP contribution in [0.4, 0.5) is 0 Å². The number of fused-ring (bicyclic) bond motifs is 1. The molecule has 0 fully saturated rings. The van der Waals surface area contributed by atoms with E-state index in [1.165, 1.54) is 35.7 Å². The lowest BCUT2D eigenvalue weighted by Gasteiger charge is -2.02. The minimum atomic E-state index is 0.980. The molecule has 0 saturated heterocycles. The SMILES string of the molecule is CCCCn1cc(CNCCC)c2ccccc21. The zero-order chi connectivity index (χ0) is 12.8. The highest BCUT2D eigenvalue weighted by atomic mass is 15.0. The molecule has 0 amide bonds. The molecule has 18 heavy (non-hydrogen) atoms. The Morgan fingerprint density at radius 1 is 1.11 bits per heavy atom. The van der Waals surface area contributed by atoms with Crippen LogP contribution >= 0.6 is 0 Å². The maximum absolute atomic E-state index is 3.50. The zero-order valence-corrected chi connectivity index (χ0v) is 11.6. The highest BCUT2D eigenvalue weighted by molar-refractivity contribution is 5.83. The van der Waals surface area contributed by atoms with E-state index >= 15 is 0 Å². The fraction of sp³-hybridized carbons (Fsp3) is 0.500. The summed E-state index contributed by atoms with van der Waals surface area (Å²) in [5.74, 6) is 0. The van der Waals surface area contributed by atoms with Crippen LogP contribution in [0.25, 0.3) is 10.9 Å². The molecule has 2 rings (SSSR count). The number of para-hydroxylation sites is 1. The molecule has 0 atom stereocenters. The van der Waals surface area contributed by atoms with Crippen molar-refractivity contribution in [2.24, 2.45) is 0 Å². The van der Waals surface area contributed by atoms with Crippen LogP contribution in [0.1, 0.15) is 38.7 Å². The highest BCUT2D eigenvalue weighted by Crippen LogP contribution is 2.21. The van der Waals surface area contributed by atoms with Crippen LogP contribution in [0.3, 0.4) is 0 Å². The molecule has 0 aliphatic rings. The molecule has 2 nitrogen and oxygen atoms in total. The summed E-state index contributed by atoms with van der Waals surface area (Å²) < 4.78 is 2.40. The molecule has 1 heterocycles. The number of hydrogen-bond acceptors (Lipinski definition) is 1. The van der Waals surface area contributed by atoms with Gasteiger partial charge in [-0.1, -0.05) is 38.5 Å². The van der Waals surface area contributed by atoms with Crippen LogP contribution in [0.2, 0.25) is 0 Å². The number of nitrogens with zero attached hydrogens (tertiary/aromatic N) is 1. The first-order valence-corrected chi connectivity index (χ1v) is 7.14. The van der Waals surface area contributed by atoms with E-state index in [-0.39, 0.29) is 0 Å². The van der Waals surface area contributed by atoms with E-state index in [2.05, 4.69) is 54.2 Å². The van der Waals surface area contributed by atoms with Crippen molar-refractivity contribution in [3.8, 4) is 0 Å². The van der Waals surface area contributed by atoms with Crippen molar-refractivity contribution in [1.82, 2.24) is 9.88 Å². The van der Waals surface area contributed by atoms with Gasteiger partial charge in [0, 0.05) is 30.2 Å². The van der Waals surface area contributed by atoms with Gasteiger partial charge < -0.3 is 9.88 Å². The lowest BCUT2D eigenvalue weighted by Crippen LogP contribution is -2.13. The van der Waals surface area contributed by atoms with Gasteiger partial charge in [-0.05, 0) is 31.0 Å². The topological polar surface area (TPSA) is 17.0 Å². The number of aryl methyl sites for hydroxylation is 1. The molecule has 0 spiro atoms. The van der Waals surface area contributed by atoms with Crippen molar-refractivity contribution in [2.45, 2.75) is 46.2 Å². The fourth-order valence-electron chi connectivity index (χ4n) is 2.38. The lowest BCUT2D eigenvalue weighted by molar-refractivity contribution is 0.641. The number of hydrogen-bond donors (Lipinski definition) is 1. The van der Waals surface area contributed by atoms with Gasteiger partial charge in [-0.2, -0.15) is 0 Å². The van der Waals surface area contributed by atoms with Gasteiger partial charge in [-0.3, -0.25) is 0 Å². The van der Waals surface area contributed by atoms with Gasteiger partial charge in [0.2, 0.25) is 0 Å². The summed E-state index contributed by atoms with van der Waals surface area (Å²) in [7, 11) is 0. The molecule has 0 unspecified atom stereocenters. The minimum absolute atomic E-state index is 0.980. The van der Waals surface area contributed by atoms with E-state index in [9.17, 15) is 0 Å². The smallest absolute Gasteiger partial charge is 0.0483 e. The Morgan fingerprint density at radius 2 is 1.94 bits per heavy atom. The van der Waals surface area contributed by atoms with Crippen molar-refractivity contribution < 1.29 is 0 Å². The highest BCUT2D eigenvalue weighted by Gasteiger charge is 2.06. The van der Waals surface area contributed by atoms with Gasteiger partial charge in [0.1, 0.15) is 0 Å². The van der Waals surface area contributed by atoms with Gasteiger partial charge in [-0.15, -0.1) is 0 Å². The first kappa shape index (κ1) is 13.2. The summed E-state index contributed by atoms with van der Waals surface area (Å²) in [6.45, 7) is 7.65. The molecule has 0 bridgehead atoms. The molecule has 2 heteroatoms. The fourth-order valence-corrected chi connectivity index (χ4v) is 2.38. The largest absolute Gasteiger partial charge is 0.347 e. The average molecular weight is 244 g/mol. The Labute approximate surface area is 110 Å². The first-order chi connectivity index (χ1) is 8.86. The predicted octanol–water partition coefficient (Wildman–Crippen LogP) is 3.94. The second-order valence-electron chi connectivity index (χ2n) is 4.90. The summed E-state index contributed by atoms with van der Waals surface area (Å²) in [5.41, 5.74) is 2.80. The van der Waals surface area contributed by atoms with Gasteiger partial charge in [0.15, 0.2) is 0 Å². The Balaban J connectivity index is 2.23. The Bertz CT molecular complexity index is 485. The third kappa shape index (κ3) is 2.94. The molecule has 98 valence electrons. The van der Waals surface area contributed by atoms with E-state index < -0.39 is 0 Å². The predicted molar refractivity (Wildman–Crippen MR) is 78.8 cm³/mol. The maximum Gasteiger partial charge on any atom is 0.0483 e. The molecule has 0 aliphatic carbocycles. The average Bonchev–Trinajstić information content (AvgIpc) is 2.76. The Hall–Kier alpha value is -1.28. The van der Waals surface area contributed by atoms with Crippen molar-refractivity contribution in [3.05, 3.63) is 36.0 Å². The van der Waals surface area contributed by atoms with Gasteiger partial charge in [-0.25, -0.2) is 0 Å². The Kier molecular flexibility index (Phi) is 4.82. The third-order valence-electron chi connectivity index (χ3n) is 3.37. The van der Waals surface area contributed by atoms with Crippen LogP contribution < -0.4 is 5.32 Å². The monoisotopic (exact) mass is 244 g/mol. The van der Waals surface area contributed by atoms with E-state index in [0.717, 1.165) is 19.6 Å². The number of aromatic nitrogens is 1. The van der Waals surface area contributed by atoms with Gasteiger partial charge >= 0.3 is 0 Å². The number of nitrogens with one attached hydrogen (secondary N) is 1. The van der Waals surface area contributed by atoms with Crippen LogP contribution in [0, 0.1) is 0 Å². The molecule has 2 aromatic rings. The van der Waals surface area contributed by atoms with E-state index in [1.807, 2.05) is 0 Å². The summed E-state index contributed by atoms with van der Waals surface area (Å²) in [6.07, 6.45) is 6.01. The van der Waals surface area contributed by atoms with E-state index in [4.69, 9.17) is 0 Å². The summed E-state index contributed by atoms with van der Waals surface area (Å²) in [6, 6.07) is 8.74. The molecule has 1 aromatic heterocycles. The van der Waals surface area contributed by atoms with Crippen molar-refractivity contribution >= 4 is 10.9 Å². The first-order valence-electron chi connectivity index (χ1n) is 7.14. The second-order valence-corrected chi connectivity index (χ2v) is 4.90. The minimum Gasteiger partial charge on any atom is -0.347 e. The molecule has 0 saturated carbocycles. The Morgan fingerprint density at radius 3 is 2.72 bits per heavy atom. The lowest BCUT2D eigenvalue weighted by atomic mass is 10.2. The van der Waals surface area contributed by atoms with Crippen molar-refractivity contribution in [2.75, 3.05) is 6.54 Å². The third-order valence-corrected chi connectivity index (χ3v) is 3.37. The zero-order valence-electron chi connectivity index (χ0n) is 11.6. The summed E-state index contributed by atoms with van der Waals surface area (Å²) >= 11 is 0. The van der Waals surface area contributed by atoms with Crippen molar-refractivity contribution in [1.29, 1.82) is 0 Å². The van der Waals surface area contributed by atoms with E-state index in [0.29, 0.717) is 0 Å². The van der Waals surface area contributed by atoms with Crippen LogP contribution in [-0.2, 0) is 13.1 Å². The standard InChI is InChI=1S/C16H24N2/c1-3-5-11-18-13-14(12-17-10-4-2)15-8-6-7-9-16(15)18/h6-9,13,17H,3-5,10-12H2,1-2H3. The number of unbranched alkanes of at least 4 members (excludes halogenated alkanes) is 1. The summed E-state index contributed by atoms with van der Waals surface area (Å²) in [5, 5.41) is 4.90. The molecule has 1 aromatic carbocycles. The molecular weight excluding hydrogens is 220 g/mol. The van der Waals surface area contributed by atoms with E-state index in [1.54, 1.807) is 0 Å². The molecule has 1 N–H and O–H groups in total. The van der Waals surface area contributed by atoms with Gasteiger partial charge in [0.25, 0.3) is 0 Å². The summed E-state index contributed by atoms with van der Waals surface area (Å²) in [4.78, 5) is 0.